The molecule has 1 aromatic heterocycles. The number of nitrogens with two attached hydrogens (primary N) is 1. The number of nitrogen functional groups attached to an aromatic ring is 1. The summed E-state index contributed by atoms with van der Waals surface area (Å²) in [6.07, 6.45) is 2.38. The number of rotatable bonds is 5. The van der Waals surface area contributed by atoms with Crippen LogP contribution in [0.4, 0.5) is 5.69 Å². The number of carbonyl (C=O) groups is 1. The van der Waals surface area contributed by atoms with Gasteiger partial charge in [-0.25, -0.2) is 0 Å². The summed E-state index contributed by atoms with van der Waals surface area (Å²) in [5.74, 6) is 0.146. The van der Waals surface area contributed by atoms with E-state index in [1.165, 1.54) is 12.8 Å². The van der Waals surface area contributed by atoms with Gasteiger partial charge in [0, 0.05) is 15.6 Å². The second-order valence-corrected chi connectivity index (χ2v) is 7.81. The molecule has 134 valence electrons. The number of hydrogen-bond acceptors (Lipinski definition) is 4. The predicted octanol–water partition coefficient (Wildman–Crippen LogP) is 4.14. The first-order valence-corrected chi connectivity index (χ1v) is 9.39. The number of nitrogens with zero attached hydrogens (tertiary/aromatic N) is 1. The molecule has 3 N–H and O–H groups in total. The second kappa shape index (κ2) is 7.22. The Morgan fingerprint density at radius 2 is 2.04 bits per heavy atom. The fourth-order valence-corrected chi connectivity index (χ4v) is 3.96. The zero-order chi connectivity index (χ0) is 18.1. The maximum atomic E-state index is 12.7. The van der Waals surface area contributed by atoms with Crippen LogP contribution < -0.4 is 11.1 Å². The fourth-order valence-electron chi connectivity index (χ4n) is 3.60. The number of anilines is 1. The second-order valence-electron chi connectivity index (χ2n) is 6.90. The van der Waals surface area contributed by atoms with E-state index in [4.69, 9.17) is 10.2 Å². The monoisotopic (exact) mass is 405 g/mol. The summed E-state index contributed by atoms with van der Waals surface area (Å²) in [7, 11) is 0. The third-order valence-electron chi connectivity index (χ3n) is 4.69. The summed E-state index contributed by atoms with van der Waals surface area (Å²) >= 11 is 3.41. The van der Waals surface area contributed by atoms with Gasteiger partial charge in [-0.15, -0.1) is 0 Å². The number of carbonyl (C=O) groups excluding carboxylic acids is 1. The van der Waals surface area contributed by atoms with Crippen molar-refractivity contribution in [2.24, 2.45) is 5.92 Å². The van der Waals surface area contributed by atoms with Crippen molar-refractivity contribution in [3.63, 3.8) is 0 Å². The van der Waals surface area contributed by atoms with Crippen LogP contribution in [0.15, 0.2) is 39.4 Å². The maximum absolute atomic E-state index is 12.7. The lowest BCUT2D eigenvalue weighted by molar-refractivity contribution is 0.0929. The minimum absolute atomic E-state index is 0.117. The average molecular weight is 406 g/mol. The van der Waals surface area contributed by atoms with Crippen LogP contribution in [0.25, 0.3) is 11.0 Å². The van der Waals surface area contributed by atoms with Crippen LogP contribution in [0.3, 0.4) is 0 Å². The smallest absolute Gasteiger partial charge is 0.293 e. The molecule has 2 heterocycles. The van der Waals surface area contributed by atoms with Crippen LogP contribution in [-0.2, 0) is 0 Å². The number of amides is 1. The van der Waals surface area contributed by atoms with E-state index in [2.05, 4.69) is 46.6 Å². The highest BCUT2D eigenvalue weighted by Crippen LogP contribution is 2.31. The molecule has 1 unspecified atom stereocenters. The normalized spacial score (nSPS) is 16.5. The predicted molar refractivity (Wildman–Crippen MR) is 104 cm³/mol. The van der Waals surface area contributed by atoms with Gasteiger partial charge in [-0.05, 0) is 50.0 Å². The number of hydrogen-bond donors (Lipinski definition) is 2. The van der Waals surface area contributed by atoms with Crippen molar-refractivity contribution in [1.29, 1.82) is 0 Å². The maximum Gasteiger partial charge on any atom is 0.293 e. The SMILES string of the molecule is C=C(NC(=O)c1oc2ccc(Br)cc2c1N)C(C(C)C)N1CCCC1. The highest BCUT2D eigenvalue weighted by Gasteiger charge is 2.29. The van der Waals surface area contributed by atoms with Crippen LogP contribution in [0, 0.1) is 5.92 Å². The van der Waals surface area contributed by atoms with Crippen LogP contribution >= 0.6 is 15.9 Å². The van der Waals surface area contributed by atoms with Gasteiger partial charge in [0.15, 0.2) is 0 Å². The summed E-state index contributed by atoms with van der Waals surface area (Å²) in [5, 5.41) is 3.64. The Kier molecular flexibility index (Phi) is 5.20. The van der Waals surface area contributed by atoms with Gasteiger partial charge in [0.2, 0.25) is 5.76 Å². The summed E-state index contributed by atoms with van der Waals surface area (Å²) in [6.45, 7) is 10.5. The molecule has 0 aliphatic carbocycles. The largest absolute Gasteiger partial charge is 0.449 e. The van der Waals surface area contributed by atoms with Crippen LogP contribution in [0.5, 0.6) is 0 Å². The van der Waals surface area contributed by atoms with E-state index < -0.39 is 0 Å². The first-order chi connectivity index (χ1) is 11.9. The van der Waals surface area contributed by atoms with Gasteiger partial charge < -0.3 is 15.5 Å². The summed E-state index contributed by atoms with van der Waals surface area (Å²) < 4.78 is 6.56. The van der Waals surface area contributed by atoms with Gasteiger partial charge in [0.05, 0.1) is 11.7 Å². The first-order valence-electron chi connectivity index (χ1n) is 8.60. The van der Waals surface area contributed by atoms with Crippen LogP contribution in [0.2, 0.25) is 0 Å². The lowest BCUT2D eigenvalue weighted by Gasteiger charge is -2.32. The topological polar surface area (TPSA) is 71.5 Å². The van der Waals surface area contributed by atoms with Gasteiger partial charge in [0.1, 0.15) is 5.58 Å². The third-order valence-corrected chi connectivity index (χ3v) is 5.18. The van der Waals surface area contributed by atoms with Crippen molar-refractivity contribution < 1.29 is 9.21 Å². The number of fused-ring (bicyclic) bond motifs is 1. The number of nitrogens with one attached hydrogen (secondary N) is 1. The molecule has 1 amide bonds. The highest BCUT2D eigenvalue weighted by atomic mass is 79.9. The highest BCUT2D eigenvalue weighted by molar-refractivity contribution is 9.10. The average Bonchev–Trinajstić information content (AvgIpc) is 3.16. The van der Waals surface area contributed by atoms with Gasteiger partial charge >= 0.3 is 0 Å². The van der Waals surface area contributed by atoms with Crippen molar-refractivity contribution in [2.45, 2.75) is 32.7 Å². The molecular formula is C19H24BrN3O2. The Morgan fingerprint density at radius 1 is 1.36 bits per heavy atom. The Morgan fingerprint density at radius 3 is 2.68 bits per heavy atom. The lowest BCUT2D eigenvalue weighted by atomic mass is 10.00. The van der Waals surface area contributed by atoms with Crippen molar-refractivity contribution in [3.8, 4) is 0 Å². The van der Waals surface area contributed by atoms with E-state index in [9.17, 15) is 4.79 Å². The van der Waals surface area contributed by atoms with Gasteiger partial charge in [0.25, 0.3) is 5.91 Å². The number of halogens is 1. The molecule has 0 radical (unpaired) electrons. The van der Waals surface area contributed by atoms with Crippen molar-refractivity contribution in [1.82, 2.24) is 10.2 Å². The van der Waals surface area contributed by atoms with Gasteiger partial charge in [-0.2, -0.15) is 0 Å². The molecule has 25 heavy (non-hydrogen) atoms. The summed E-state index contributed by atoms with van der Waals surface area (Å²) in [6, 6.07) is 5.61. The Balaban J connectivity index is 1.81. The molecule has 2 aromatic rings. The molecule has 5 nitrogen and oxygen atoms in total. The third kappa shape index (κ3) is 3.60. The summed E-state index contributed by atoms with van der Waals surface area (Å²) in [5.41, 5.74) is 7.77. The molecule has 3 rings (SSSR count). The van der Waals surface area contributed by atoms with Crippen molar-refractivity contribution >= 4 is 38.5 Å². The Labute approximate surface area is 156 Å². The quantitative estimate of drug-likeness (QED) is 0.783. The minimum Gasteiger partial charge on any atom is -0.449 e. The minimum atomic E-state index is -0.348. The number of benzene rings is 1. The Hall–Kier alpha value is -1.79. The molecule has 6 heteroatoms. The molecule has 1 aliphatic heterocycles. The van der Waals surface area contributed by atoms with Crippen molar-refractivity contribution in [2.75, 3.05) is 18.8 Å². The molecule has 1 aliphatic rings. The van der Waals surface area contributed by atoms with E-state index in [1.54, 1.807) is 6.07 Å². The van der Waals surface area contributed by atoms with E-state index in [0.717, 1.165) is 22.9 Å². The standard InChI is InChI=1S/C19H24BrN3O2/c1-11(2)17(23-8-4-5-9-23)12(3)22-19(24)18-16(21)14-10-13(20)6-7-15(14)25-18/h6-7,10-11,17H,3-5,8-9,21H2,1-2H3,(H,22,24). The van der Waals surface area contributed by atoms with Crippen molar-refractivity contribution in [3.05, 3.63) is 40.7 Å². The number of furan rings is 1. The molecule has 0 saturated carbocycles. The lowest BCUT2D eigenvalue weighted by Crippen LogP contribution is -2.43. The van der Waals surface area contributed by atoms with Gasteiger partial charge in [-0.3, -0.25) is 9.69 Å². The van der Waals surface area contributed by atoms with E-state index in [1.807, 2.05) is 12.1 Å². The molecule has 1 aromatic carbocycles. The number of likely N-dealkylation sites (tertiary alicyclic amines) is 1. The van der Waals surface area contributed by atoms with Crippen LogP contribution in [-0.4, -0.2) is 29.9 Å². The van der Waals surface area contributed by atoms with E-state index >= 15 is 0 Å². The molecule has 1 fully saturated rings. The molecule has 1 atom stereocenters. The Bertz CT molecular complexity index is 806. The van der Waals surface area contributed by atoms with E-state index in [0.29, 0.717) is 22.9 Å². The summed E-state index contributed by atoms with van der Waals surface area (Å²) in [4.78, 5) is 15.1. The first kappa shape index (κ1) is 18.0. The zero-order valence-corrected chi connectivity index (χ0v) is 16.2. The van der Waals surface area contributed by atoms with E-state index in [-0.39, 0.29) is 17.7 Å². The zero-order valence-electron chi connectivity index (χ0n) is 14.6. The molecule has 0 bridgehead atoms. The molecule has 0 spiro atoms. The van der Waals surface area contributed by atoms with Crippen LogP contribution in [0.1, 0.15) is 37.2 Å². The molecule has 1 saturated heterocycles. The fraction of sp³-hybridized carbons (Fsp3) is 0.421. The van der Waals surface area contributed by atoms with Gasteiger partial charge in [-0.1, -0.05) is 36.4 Å². The molecular weight excluding hydrogens is 382 g/mol.